The van der Waals surface area contributed by atoms with Gasteiger partial charge in [0.15, 0.2) is 0 Å². The van der Waals surface area contributed by atoms with Gasteiger partial charge < -0.3 is 30.3 Å². The van der Waals surface area contributed by atoms with Gasteiger partial charge in [0, 0.05) is 50.6 Å². The average molecular weight is 552 g/mol. The molecule has 10 nitrogen and oxygen atoms in total. The molecule has 40 heavy (non-hydrogen) atoms. The van der Waals surface area contributed by atoms with Gasteiger partial charge in [-0.1, -0.05) is 30.3 Å². The maximum Gasteiger partial charge on any atom is 0.325 e. The van der Waals surface area contributed by atoms with E-state index in [-0.39, 0.29) is 19.1 Å². The third-order valence-corrected chi connectivity index (χ3v) is 7.34. The van der Waals surface area contributed by atoms with E-state index >= 15 is 0 Å². The van der Waals surface area contributed by atoms with Crippen LogP contribution < -0.4 is 20.9 Å². The summed E-state index contributed by atoms with van der Waals surface area (Å²) in [6.07, 6.45) is 3.15. The molecule has 0 saturated carbocycles. The second-order valence-corrected chi connectivity index (χ2v) is 10.2. The number of urea groups is 1. The topological polar surface area (TPSA) is 112 Å². The molecule has 2 aliphatic heterocycles. The second-order valence-electron chi connectivity index (χ2n) is 10.2. The number of benzene rings is 2. The maximum atomic E-state index is 13.4. The van der Waals surface area contributed by atoms with Crippen LogP contribution in [0.4, 0.5) is 16.2 Å². The van der Waals surface area contributed by atoms with Crippen LogP contribution in [0.25, 0.3) is 0 Å². The Morgan fingerprint density at radius 1 is 0.975 bits per heavy atom. The van der Waals surface area contributed by atoms with Crippen LogP contribution in [0, 0.1) is 5.92 Å². The molecular formula is C30H41N5O5. The summed E-state index contributed by atoms with van der Waals surface area (Å²) in [7, 11) is 0. The summed E-state index contributed by atoms with van der Waals surface area (Å²) in [6.45, 7) is 7.86. The van der Waals surface area contributed by atoms with Crippen molar-refractivity contribution in [3.05, 3.63) is 59.7 Å². The Bertz CT molecular complexity index is 1110. The Morgan fingerprint density at radius 2 is 1.73 bits per heavy atom. The monoisotopic (exact) mass is 551 g/mol. The standard InChI is InChI=1S/C30H41N5O5/c1-2-40-28(36)22-32-30(38)33-25-8-9-27(26(21-25)29(37)31-12-15-34-16-18-39-19-17-34)35-13-10-24(11-14-35)20-23-6-4-3-5-7-23/h3-9,21,24H,2,10-20,22H2,1H3,(H,31,37)(H2,32,33,38). The van der Waals surface area contributed by atoms with E-state index in [0.717, 1.165) is 57.7 Å². The number of anilines is 2. The predicted molar refractivity (Wildman–Crippen MR) is 155 cm³/mol. The first kappa shape index (κ1) is 29.4. The zero-order valence-corrected chi connectivity index (χ0v) is 23.3. The molecule has 3 amide bonds. The number of morpholine rings is 1. The third kappa shape index (κ3) is 8.96. The number of amides is 3. The minimum Gasteiger partial charge on any atom is -0.465 e. The second kappa shape index (κ2) is 15.2. The molecule has 3 N–H and O–H groups in total. The highest BCUT2D eigenvalue weighted by Crippen LogP contribution is 2.30. The largest absolute Gasteiger partial charge is 0.465 e. The molecule has 10 heteroatoms. The van der Waals surface area contributed by atoms with Gasteiger partial charge in [0.05, 0.1) is 25.4 Å². The molecule has 0 aliphatic carbocycles. The Balaban J connectivity index is 1.40. The quantitative estimate of drug-likeness (QED) is 0.368. The molecule has 4 rings (SSSR count). The summed E-state index contributed by atoms with van der Waals surface area (Å²) in [5.41, 5.74) is 3.21. The fourth-order valence-corrected chi connectivity index (χ4v) is 5.18. The number of hydrogen-bond acceptors (Lipinski definition) is 7. The number of nitrogens with one attached hydrogen (secondary N) is 3. The van der Waals surface area contributed by atoms with Crippen molar-refractivity contribution in [2.24, 2.45) is 5.92 Å². The molecule has 2 fully saturated rings. The highest BCUT2D eigenvalue weighted by molar-refractivity contribution is 6.02. The van der Waals surface area contributed by atoms with Crippen LogP contribution in [-0.4, -0.2) is 88.4 Å². The molecule has 0 unspecified atom stereocenters. The van der Waals surface area contributed by atoms with E-state index in [1.165, 1.54) is 5.56 Å². The molecule has 2 aromatic rings. The van der Waals surface area contributed by atoms with E-state index in [4.69, 9.17) is 9.47 Å². The average Bonchev–Trinajstić information content (AvgIpc) is 2.98. The molecule has 2 heterocycles. The molecule has 2 saturated heterocycles. The highest BCUT2D eigenvalue weighted by atomic mass is 16.5. The van der Waals surface area contributed by atoms with Gasteiger partial charge in [-0.2, -0.15) is 0 Å². The molecule has 0 bridgehead atoms. The van der Waals surface area contributed by atoms with E-state index < -0.39 is 12.0 Å². The first-order chi connectivity index (χ1) is 19.5. The van der Waals surface area contributed by atoms with Crippen molar-refractivity contribution in [3.8, 4) is 0 Å². The van der Waals surface area contributed by atoms with Crippen LogP contribution in [0.2, 0.25) is 0 Å². The van der Waals surface area contributed by atoms with E-state index in [2.05, 4.69) is 50.0 Å². The zero-order valence-electron chi connectivity index (χ0n) is 23.3. The summed E-state index contributed by atoms with van der Waals surface area (Å²) in [5, 5.41) is 8.28. The van der Waals surface area contributed by atoms with Crippen molar-refractivity contribution in [2.45, 2.75) is 26.2 Å². The highest BCUT2D eigenvalue weighted by Gasteiger charge is 2.24. The van der Waals surface area contributed by atoms with Crippen LogP contribution in [0.1, 0.15) is 35.7 Å². The normalized spacial score (nSPS) is 16.3. The first-order valence-electron chi connectivity index (χ1n) is 14.2. The summed E-state index contributed by atoms with van der Waals surface area (Å²) in [6, 6.07) is 15.4. The molecule has 0 atom stereocenters. The van der Waals surface area contributed by atoms with Crippen LogP contribution >= 0.6 is 0 Å². The summed E-state index contributed by atoms with van der Waals surface area (Å²) in [4.78, 5) is 41.9. The summed E-state index contributed by atoms with van der Waals surface area (Å²) < 4.78 is 10.3. The van der Waals surface area contributed by atoms with Gasteiger partial charge in [0.1, 0.15) is 6.54 Å². The van der Waals surface area contributed by atoms with Crippen molar-refractivity contribution < 1.29 is 23.9 Å². The number of carbonyl (C=O) groups excluding carboxylic acids is 3. The smallest absolute Gasteiger partial charge is 0.325 e. The Hall–Kier alpha value is -3.63. The number of hydrogen-bond donors (Lipinski definition) is 3. The lowest BCUT2D eigenvalue weighted by Gasteiger charge is -2.35. The lowest BCUT2D eigenvalue weighted by Crippen LogP contribution is -2.41. The fourth-order valence-electron chi connectivity index (χ4n) is 5.18. The van der Waals surface area contributed by atoms with Gasteiger partial charge in [0.2, 0.25) is 0 Å². The summed E-state index contributed by atoms with van der Waals surface area (Å²) in [5.74, 6) is -0.0808. The number of piperidine rings is 1. The van der Waals surface area contributed by atoms with Crippen LogP contribution in [0.5, 0.6) is 0 Å². The zero-order chi connectivity index (χ0) is 28.2. The summed E-state index contributed by atoms with van der Waals surface area (Å²) >= 11 is 0. The van der Waals surface area contributed by atoms with E-state index in [1.807, 2.05) is 12.1 Å². The Morgan fingerprint density at radius 3 is 2.45 bits per heavy atom. The van der Waals surface area contributed by atoms with E-state index in [1.54, 1.807) is 19.1 Å². The van der Waals surface area contributed by atoms with E-state index in [9.17, 15) is 14.4 Å². The minimum absolute atomic E-state index is 0.176. The van der Waals surface area contributed by atoms with Gasteiger partial charge in [0.25, 0.3) is 5.91 Å². The van der Waals surface area contributed by atoms with Crippen LogP contribution in [0.3, 0.4) is 0 Å². The Kier molecular flexibility index (Phi) is 11.2. The first-order valence-corrected chi connectivity index (χ1v) is 14.2. The maximum absolute atomic E-state index is 13.4. The number of nitrogens with zero attached hydrogens (tertiary/aromatic N) is 2. The van der Waals surface area contributed by atoms with Gasteiger partial charge >= 0.3 is 12.0 Å². The van der Waals surface area contributed by atoms with Gasteiger partial charge in [-0.25, -0.2) is 4.79 Å². The lowest BCUT2D eigenvalue weighted by molar-refractivity contribution is -0.141. The fraction of sp³-hybridized carbons (Fsp3) is 0.500. The molecule has 2 aliphatic rings. The van der Waals surface area contributed by atoms with Crippen molar-refractivity contribution in [1.82, 2.24) is 15.5 Å². The molecule has 216 valence electrons. The molecule has 0 spiro atoms. The number of carbonyl (C=O) groups is 3. The predicted octanol–water partition coefficient (Wildman–Crippen LogP) is 2.89. The number of ether oxygens (including phenoxy) is 2. The van der Waals surface area contributed by atoms with Gasteiger partial charge in [-0.15, -0.1) is 0 Å². The minimum atomic E-state index is -0.541. The SMILES string of the molecule is CCOC(=O)CNC(=O)Nc1ccc(N2CCC(Cc3ccccc3)CC2)c(C(=O)NCCN2CCOCC2)c1. The number of esters is 1. The molecule has 2 aromatic carbocycles. The van der Waals surface area contributed by atoms with Gasteiger partial charge in [-0.3, -0.25) is 14.5 Å². The Labute approximate surface area is 236 Å². The van der Waals surface area contributed by atoms with Crippen molar-refractivity contribution >= 4 is 29.3 Å². The van der Waals surface area contributed by atoms with Crippen molar-refractivity contribution in [1.29, 1.82) is 0 Å². The van der Waals surface area contributed by atoms with Crippen LogP contribution in [0.15, 0.2) is 48.5 Å². The number of rotatable bonds is 11. The van der Waals surface area contributed by atoms with Gasteiger partial charge in [-0.05, 0) is 55.9 Å². The van der Waals surface area contributed by atoms with E-state index in [0.29, 0.717) is 36.9 Å². The van der Waals surface area contributed by atoms with Crippen LogP contribution in [-0.2, 0) is 20.7 Å². The van der Waals surface area contributed by atoms with Crippen molar-refractivity contribution in [2.75, 3.05) is 75.9 Å². The van der Waals surface area contributed by atoms with Crippen molar-refractivity contribution in [3.63, 3.8) is 0 Å². The lowest BCUT2D eigenvalue weighted by atomic mass is 9.89. The molecule has 0 aromatic heterocycles. The molecular weight excluding hydrogens is 510 g/mol. The third-order valence-electron chi connectivity index (χ3n) is 7.34. The molecule has 0 radical (unpaired) electrons.